The second kappa shape index (κ2) is 8.14. The van der Waals surface area contributed by atoms with Crippen molar-refractivity contribution < 1.29 is 14.0 Å². The summed E-state index contributed by atoms with van der Waals surface area (Å²) in [4.78, 5) is 39.3. The molecule has 2 aromatic carbocycles. The molecule has 0 saturated heterocycles. The molecular weight excluding hydrogens is 399 g/mol. The molecule has 7 nitrogen and oxygen atoms in total. The van der Waals surface area contributed by atoms with Gasteiger partial charge in [-0.15, -0.1) is 0 Å². The van der Waals surface area contributed by atoms with Crippen molar-refractivity contribution in [2.45, 2.75) is 32.9 Å². The predicted octanol–water partition coefficient (Wildman–Crippen LogP) is 2.92. The molecule has 0 spiro atoms. The molecule has 8 heteroatoms. The molecule has 31 heavy (non-hydrogen) atoms. The van der Waals surface area contributed by atoms with Crippen LogP contribution in [-0.2, 0) is 17.8 Å². The van der Waals surface area contributed by atoms with Crippen LogP contribution in [0.15, 0.2) is 59.4 Å². The molecule has 0 saturated carbocycles. The molecule has 0 aliphatic carbocycles. The van der Waals surface area contributed by atoms with E-state index in [1.165, 1.54) is 18.2 Å². The summed E-state index contributed by atoms with van der Waals surface area (Å²) >= 11 is 0. The van der Waals surface area contributed by atoms with Crippen molar-refractivity contribution in [1.29, 1.82) is 0 Å². The molecule has 2 heterocycles. The maximum atomic E-state index is 13.7. The highest BCUT2D eigenvalue weighted by Gasteiger charge is 2.32. The molecular formula is C23H21FN4O3. The van der Waals surface area contributed by atoms with Crippen LogP contribution < -0.4 is 15.8 Å². The number of benzene rings is 2. The van der Waals surface area contributed by atoms with Crippen LogP contribution in [0.25, 0.3) is 0 Å². The lowest BCUT2D eigenvalue weighted by Crippen LogP contribution is -2.38. The van der Waals surface area contributed by atoms with E-state index in [4.69, 9.17) is 0 Å². The van der Waals surface area contributed by atoms with Gasteiger partial charge in [0.2, 0.25) is 5.91 Å². The zero-order valence-corrected chi connectivity index (χ0v) is 17.1. The maximum Gasteiger partial charge on any atom is 0.278 e. The minimum absolute atomic E-state index is 0.0492. The molecule has 1 aromatic heterocycles. The molecule has 0 radical (unpaired) electrons. The summed E-state index contributed by atoms with van der Waals surface area (Å²) in [6.07, 6.45) is 0.733. The fraction of sp³-hybridized carbons (Fsp3) is 0.217. The summed E-state index contributed by atoms with van der Waals surface area (Å²) in [5.74, 6) is -1.34. The minimum Gasteiger partial charge on any atom is -0.324 e. The number of aromatic nitrogens is 2. The second-order valence-electron chi connectivity index (χ2n) is 7.58. The van der Waals surface area contributed by atoms with Crippen LogP contribution in [0.4, 0.5) is 15.8 Å². The number of amides is 2. The third-order valence-electron chi connectivity index (χ3n) is 5.26. The van der Waals surface area contributed by atoms with Crippen LogP contribution in [0.3, 0.4) is 0 Å². The summed E-state index contributed by atoms with van der Waals surface area (Å²) in [6.45, 7) is 3.16. The summed E-state index contributed by atoms with van der Waals surface area (Å²) in [5, 5.41) is 6.65. The first-order chi connectivity index (χ1) is 14.8. The standard InChI is InChI=1S/C23H21FN4O3/c1-14-7-8-17(12-18(14)24)25-21(29)13-27-22(30)10-9-19(26-27)23(31)28-15(2)11-16-5-3-4-6-20(16)28/h3-10,12,15H,11,13H2,1-2H3,(H,25,29). The van der Waals surface area contributed by atoms with Gasteiger partial charge in [-0.05, 0) is 55.7 Å². The highest BCUT2D eigenvalue weighted by atomic mass is 19.1. The molecule has 0 bridgehead atoms. The molecule has 1 aliphatic heterocycles. The Morgan fingerprint density at radius 1 is 1.16 bits per heavy atom. The molecule has 2 amide bonds. The molecule has 1 N–H and O–H groups in total. The number of carbonyl (C=O) groups is 2. The van der Waals surface area contributed by atoms with Crippen molar-refractivity contribution in [3.05, 3.63) is 87.6 Å². The Balaban J connectivity index is 1.54. The van der Waals surface area contributed by atoms with E-state index in [2.05, 4.69) is 10.4 Å². The third-order valence-corrected chi connectivity index (χ3v) is 5.26. The highest BCUT2D eigenvalue weighted by molar-refractivity contribution is 6.06. The Morgan fingerprint density at radius 3 is 2.71 bits per heavy atom. The van der Waals surface area contributed by atoms with Gasteiger partial charge < -0.3 is 10.2 Å². The van der Waals surface area contributed by atoms with E-state index in [9.17, 15) is 18.8 Å². The summed E-state index contributed by atoms with van der Waals surface area (Å²) in [7, 11) is 0. The van der Waals surface area contributed by atoms with Crippen molar-refractivity contribution in [2.75, 3.05) is 10.2 Å². The Kier molecular flexibility index (Phi) is 5.37. The Hall–Kier alpha value is -3.81. The molecule has 158 valence electrons. The molecule has 0 fully saturated rings. The van der Waals surface area contributed by atoms with Gasteiger partial charge in [0.05, 0.1) is 0 Å². The number of anilines is 2. The summed E-state index contributed by atoms with van der Waals surface area (Å²) in [5.41, 5.74) is 2.17. The lowest BCUT2D eigenvalue weighted by atomic mass is 10.1. The van der Waals surface area contributed by atoms with Crippen molar-refractivity contribution in [3.63, 3.8) is 0 Å². The monoisotopic (exact) mass is 420 g/mol. The van der Waals surface area contributed by atoms with Crippen molar-refractivity contribution in [3.8, 4) is 0 Å². The molecule has 1 atom stereocenters. The number of hydrogen-bond donors (Lipinski definition) is 1. The highest BCUT2D eigenvalue weighted by Crippen LogP contribution is 2.32. The van der Waals surface area contributed by atoms with Crippen LogP contribution in [0.2, 0.25) is 0 Å². The smallest absolute Gasteiger partial charge is 0.278 e. The van der Waals surface area contributed by atoms with E-state index in [1.807, 2.05) is 31.2 Å². The van der Waals surface area contributed by atoms with E-state index in [1.54, 1.807) is 24.0 Å². The van der Waals surface area contributed by atoms with Gasteiger partial charge in [-0.3, -0.25) is 14.4 Å². The zero-order chi connectivity index (χ0) is 22.1. The normalized spacial score (nSPS) is 14.9. The fourth-order valence-corrected chi connectivity index (χ4v) is 3.68. The van der Waals surface area contributed by atoms with Gasteiger partial charge >= 0.3 is 0 Å². The number of fused-ring (bicyclic) bond motifs is 1. The number of aryl methyl sites for hydroxylation is 1. The summed E-state index contributed by atoms with van der Waals surface area (Å²) < 4.78 is 14.6. The average Bonchev–Trinajstić information content (AvgIpc) is 3.07. The Bertz CT molecular complexity index is 1240. The third kappa shape index (κ3) is 4.09. The molecule has 4 rings (SSSR count). The first kappa shape index (κ1) is 20.5. The van der Waals surface area contributed by atoms with Crippen LogP contribution in [0, 0.1) is 12.7 Å². The Morgan fingerprint density at radius 2 is 1.94 bits per heavy atom. The van der Waals surface area contributed by atoms with Gasteiger partial charge in [0.1, 0.15) is 18.1 Å². The quantitative estimate of drug-likeness (QED) is 0.703. The van der Waals surface area contributed by atoms with Crippen LogP contribution >= 0.6 is 0 Å². The zero-order valence-electron chi connectivity index (χ0n) is 17.1. The maximum absolute atomic E-state index is 13.7. The number of carbonyl (C=O) groups excluding carboxylic acids is 2. The van der Waals surface area contributed by atoms with E-state index in [-0.39, 0.29) is 23.3 Å². The number of rotatable bonds is 4. The molecule has 1 aliphatic rings. The van der Waals surface area contributed by atoms with Crippen LogP contribution in [-0.4, -0.2) is 27.6 Å². The lowest BCUT2D eigenvalue weighted by Gasteiger charge is -2.22. The van der Waals surface area contributed by atoms with Gasteiger partial charge in [0.15, 0.2) is 0 Å². The Labute approximate surface area is 178 Å². The van der Waals surface area contributed by atoms with E-state index < -0.39 is 23.8 Å². The second-order valence-corrected chi connectivity index (χ2v) is 7.58. The topological polar surface area (TPSA) is 84.3 Å². The lowest BCUT2D eigenvalue weighted by molar-refractivity contribution is -0.117. The molecule has 3 aromatic rings. The van der Waals surface area contributed by atoms with Crippen molar-refractivity contribution in [2.24, 2.45) is 0 Å². The van der Waals surface area contributed by atoms with E-state index >= 15 is 0 Å². The van der Waals surface area contributed by atoms with Gasteiger partial charge in [-0.2, -0.15) is 5.10 Å². The van der Waals surface area contributed by atoms with Gasteiger partial charge in [0.25, 0.3) is 11.5 Å². The largest absolute Gasteiger partial charge is 0.324 e. The van der Waals surface area contributed by atoms with E-state index in [0.717, 1.165) is 22.4 Å². The van der Waals surface area contributed by atoms with Gasteiger partial charge in [-0.1, -0.05) is 24.3 Å². The number of nitrogens with one attached hydrogen (secondary N) is 1. The first-order valence-corrected chi connectivity index (χ1v) is 9.89. The number of halogens is 1. The summed E-state index contributed by atoms with van der Waals surface area (Å²) in [6, 6.07) is 14.5. The van der Waals surface area contributed by atoms with Crippen molar-refractivity contribution >= 4 is 23.2 Å². The van der Waals surface area contributed by atoms with Crippen LogP contribution in [0.5, 0.6) is 0 Å². The number of para-hydroxylation sites is 1. The SMILES string of the molecule is Cc1ccc(NC(=O)Cn2nc(C(=O)N3c4ccccc4CC3C)ccc2=O)cc1F. The van der Waals surface area contributed by atoms with E-state index in [0.29, 0.717) is 5.56 Å². The average molecular weight is 420 g/mol. The van der Waals surface area contributed by atoms with Gasteiger partial charge in [-0.25, -0.2) is 9.07 Å². The minimum atomic E-state index is -0.553. The first-order valence-electron chi connectivity index (χ1n) is 9.89. The van der Waals surface area contributed by atoms with Crippen molar-refractivity contribution in [1.82, 2.24) is 9.78 Å². The predicted molar refractivity (Wildman–Crippen MR) is 115 cm³/mol. The fourth-order valence-electron chi connectivity index (χ4n) is 3.68. The van der Waals surface area contributed by atoms with Crippen LogP contribution in [0.1, 0.15) is 28.5 Å². The number of hydrogen-bond acceptors (Lipinski definition) is 4. The van der Waals surface area contributed by atoms with Gasteiger partial charge in [0, 0.05) is 23.5 Å². The molecule has 1 unspecified atom stereocenters. The number of nitrogens with zero attached hydrogens (tertiary/aromatic N) is 3.